The second-order valence-electron chi connectivity index (χ2n) is 24.8. The van der Waals surface area contributed by atoms with E-state index in [2.05, 4.69) is 149 Å². The van der Waals surface area contributed by atoms with Gasteiger partial charge in [-0.15, -0.1) is 0 Å². The molecule has 0 rings (SSSR count). The Morgan fingerprint density at radius 3 is 0.837 bits per heavy atom. The van der Waals surface area contributed by atoms with Crippen LogP contribution in [-0.4, -0.2) is 96.7 Å². The van der Waals surface area contributed by atoms with Gasteiger partial charge in [-0.25, -0.2) is 9.13 Å². The van der Waals surface area contributed by atoms with Gasteiger partial charge in [-0.3, -0.25) is 37.3 Å². The number of carbonyl (C=O) groups excluding carboxylic acids is 4. The third-order valence-corrected chi connectivity index (χ3v) is 17.3. The van der Waals surface area contributed by atoms with E-state index in [1.54, 1.807) is 0 Å². The van der Waals surface area contributed by atoms with Gasteiger partial charge in [0.25, 0.3) is 0 Å². The minimum atomic E-state index is -4.98. The standard InChI is InChI=1S/C79H134O17P2/c1-5-9-13-17-21-25-29-32-35-36-39-41-45-48-52-56-60-64-77(82)90-70-75(96-79(84)66-62-58-54-50-46-42-38-34-31-27-23-19-15-11-7-3)72-94-98(87,88)92-68-73(80)67-91-97(85,86)93-71-74(95-78(83)65-61-57-53-49-43-28-24-20-16-12-8-4)69-89-76(81)63-59-55-51-47-44-40-37-33-30-26-22-18-14-10-6-2/h9-11,13-15,21-23,25-27,32-35,37-38,44,47,73-75,80H,5-8,12,16-20,24,28-31,36,39-43,45-46,48-72H2,1-4H3,(H,85,86)(H,87,88)/b13-9-,14-10-,15-11-,25-21-,26-22-,27-23-,35-32-,37-33-,38-34-,47-44-. The highest BCUT2D eigenvalue weighted by Crippen LogP contribution is 2.45. The lowest BCUT2D eigenvalue weighted by Gasteiger charge is -2.21. The predicted octanol–water partition coefficient (Wildman–Crippen LogP) is 21.6. The number of carbonyl (C=O) groups is 4. The number of hydrogen-bond donors (Lipinski definition) is 3. The molecule has 0 saturated heterocycles. The molecule has 562 valence electrons. The molecule has 0 saturated carbocycles. The number of unbranched alkanes of at least 4 members (excludes halogenated alkanes) is 24. The number of aliphatic hydroxyl groups excluding tert-OH is 1. The number of ether oxygens (including phenoxy) is 4. The summed E-state index contributed by atoms with van der Waals surface area (Å²) in [5.41, 5.74) is 0. The van der Waals surface area contributed by atoms with Gasteiger partial charge in [-0.1, -0.05) is 265 Å². The molecule has 17 nitrogen and oxygen atoms in total. The number of aliphatic hydroxyl groups is 1. The molecule has 0 amide bonds. The number of hydrogen-bond acceptors (Lipinski definition) is 15. The molecule has 3 N–H and O–H groups in total. The van der Waals surface area contributed by atoms with E-state index >= 15 is 0 Å². The lowest BCUT2D eigenvalue weighted by molar-refractivity contribution is -0.161. The van der Waals surface area contributed by atoms with Crippen molar-refractivity contribution in [2.24, 2.45) is 0 Å². The fourth-order valence-electron chi connectivity index (χ4n) is 9.77. The maximum atomic E-state index is 13.1. The Bertz CT molecular complexity index is 2340. The molecule has 0 aromatic rings. The van der Waals surface area contributed by atoms with Crippen molar-refractivity contribution >= 4 is 39.5 Å². The van der Waals surface area contributed by atoms with Gasteiger partial charge in [0.05, 0.1) is 26.4 Å². The van der Waals surface area contributed by atoms with E-state index in [0.29, 0.717) is 25.7 Å². The Balaban J connectivity index is 5.37. The summed E-state index contributed by atoms with van der Waals surface area (Å²) < 4.78 is 68.4. The van der Waals surface area contributed by atoms with E-state index in [0.717, 1.165) is 180 Å². The minimum absolute atomic E-state index is 0.0705. The number of esters is 4. The van der Waals surface area contributed by atoms with Crippen LogP contribution in [0.4, 0.5) is 0 Å². The highest BCUT2D eigenvalue weighted by atomic mass is 31.2. The number of rotatable bonds is 70. The number of phosphoric acid groups is 2. The van der Waals surface area contributed by atoms with Crippen molar-refractivity contribution in [3.63, 3.8) is 0 Å². The SMILES string of the molecule is CC/C=C\C/C=C\C/C=C\C/C=C\CCCCC(=O)OCC(COP(=O)(O)OCC(O)COP(=O)(O)OCC(COC(=O)CCCCCCCCC/C=C\C/C=C\C/C=C\CC)OC(=O)CCCCCCC/C=C\C/C=C\C/C=C\CC)OC(=O)CCCCCCCCCCCCC. The average molecular weight is 1420 g/mol. The highest BCUT2D eigenvalue weighted by Gasteiger charge is 2.30. The van der Waals surface area contributed by atoms with Crippen molar-refractivity contribution in [3.8, 4) is 0 Å². The summed E-state index contributed by atoms with van der Waals surface area (Å²) in [5.74, 6) is -2.25. The zero-order chi connectivity index (χ0) is 71.8. The van der Waals surface area contributed by atoms with Crippen LogP contribution in [0.15, 0.2) is 122 Å². The van der Waals surface area contributed by atoms with Gasteiger partial charge >= 0.3 is 39.5 Å². The van der Waals surface area contributed by atoms with Crippen LogP contribution in [0.3, 0.4) is 0 Å². The Morgan fingerprint density at radius 2 is 0.531 bits per heavy atom. The normalized spacial score (nSPS) is 14.6. The smallest absolute Gasteiger partial charge is 0.462 e. The first-order valence-corrected chi connectivity index (χ1v) is 40.8. The van der Waals surface area contributed by atoms with Crippen LogP contribution in [-0.2, 0) is 65.4 Å². The molecular weight excluding hydrogens is 1280 g/mol. The van der Waals surface area contributed by atoms with E-state index in [4.69, 9.17) is 37.0 Å². The third-order valence-electron chi connectivity index (χ3n) is 15.4. The van der Waals surface area contributed by atoms with Crippen molar-refractivity contribution in [1.82, 2.24) is 0 Å². The molecular formula is C79H134O17P2. The molecule has 5 unspecified atom stereocenters. The molecule has 19 heteroatoms. The molecule has 0 radical (unpaired) electrons. The quantitative estimate of drug-likeness (QED) is 0.0169. The second kappa shape index (κ2) is 70.9. The van der Waals surface area contributed by atoms with Gasteiger partial charge in [-0.2, -0.15) is 0 Å². The van der Waals surface area contributed by atoms with E-state index in [1.165, 1.54) is 38.5 Å². The summed E-state index contributed by atoms with van der Waals surface area (Å²) >= 11 is 0. The number of phosphoric ester groups is 2. The van der Waals surface area contributed by atoms with Crippen molar-refractivity contribution in [2.75, 3.05) is 39.6 Å². The fraction of sp³-hybridized carbons (Fsp3) is 0.696. The topological polar surface area (TPSA) is 237 Å². The van der Waals surface area contributed by atoms with Crippen LogP contribution >= 0.6 is 15.6 Å². The van der Waals surface area contributed by atoms with Crippen molar-refractivity contribution in [3.05, 3.63) is 122 Å². The number of allylic oxidation sites excluding steroid dienone is 20. The van der Waals surface area contributed by atoms with Crippen LogP contribution in [0.25, 0.3) is 0 Å². The third kappa shape index (κ3) is 69.9. The summed E-state index contributed by atoms with van der Waals surface area (Å²) in [5, 5.41) is 10.6. The summed E-state index contributed by atoms with van der Waals surface area (Å²) in [7, 11) is -9.96. The summed E-state index contributed by atoms with van der Waals surface area (Å²) in [6, 6.07) is 0. The van der Waals surface area contributed by atoms with E-state index in [1.807, 2.05) is 0 Å². The molecule has 0 heterocycles. The molecule has 5 atom stereocenters. The first-order chi connectivity index (χ1) is 47.7. The minimum Gasteiger partial charge on any atom is -0.462 e. The van der Waals surface area contributed by atoms with Gasteiger partial charge < -0.3 is 33.8 Å². The largest absolute Gasteiger partial charge is 0.472 e. The molecule has 0 fully saturated rings. The second-order valence-corrected chi connectivity index (χ2v) is 27.7. The fourth-order valence-corrected chi connectivity index (χ4v) is 11.3. The Morgan fingerprint density at radius 1 is 0.296 bits per heavy atom. The maximum Gasteiger partial charge on any atom is 0.472 e. The monoisotopic (exact) mass is 1420 g/mol. The summed E-state index contributed by atoms with van der Waals surface area (Å²) in [6.45, 7) is 4.45. The Labute approximate surface area is 593 Å². The maximum absolute atomic E-state index is 13.1. The van der Waals surface area contributed by atoms with Crippen molar-refractivity contribution in [2.45, 2.75) is 316 Å². The Hall–Kier alpha value is -4.54. The average Bonchev–Trinajstić information content (AvgIpc) is 0.985. The summed E-state index contributed by atoms with van der Waals surface area (Å²) in [6.07, 6.45) is 76.3. The van der Waals surface area contributed by atoms with E-state index < -0.39 is 97.5 Å². The van der Waals surface area contributed by atoms with E-state index in [9.17, 15) is 43.2 Å². The molecule has 0 spiro atoms. The van der Waals surface area contributed by atoms with Crippen LogP contribution < -0.4 is 0 Å². The first kappa shape index (κ1) is 93.5. The zero-order valence-electron chi connectivity index (χ0n) is 61.2. The van der Waals surface area contributed by atoms with Crippen molar-refractivity contribution in [1.29, 1.82) is 0 Å². The van der Waals surface area contributed by atoms with Crippen molar-refractivity contribution < 1.29 is 80.2 Å². The van der Waals surface area contributed by atoms with Gasteiger partial charge in [-0.05, 0) is 128 Å². The molecule has 98 heavy (non-hydrogen) atoms. The highest BCUT2D eigenvalue weighted by molar-refractivity contribution is 7.47. The van der Waals surface area contributed by atoms with Gasteiger partial charge in [0, 0.05) is 25.7 Å². The molecule has 0 aliphatic heterocycles. The van der Waals surface area contributed by atoms with Crippen LogP contribution in [0.1, 0.15) is 297 Å². The van der Waals surface area contributed by atoms with Gasteiger partial charge in [0.2, 0.25) is 0 Å². The van der Waals surface area contributed by atoms with Crippen LogP contribution in [0.5, 0.6) is 0 Å². The lowest BCUT2D eigenvalue weighted by atomic mass is 10.1. The summed E-state index contributed by atoms with van der Waals surface area (Å²) in [4.78, 5) is 72.8. The van der Waals surface area contributed by atoms with Gasteiger partial charge in [0.15, 0.2) is 12.2 Å². The molecule has 0 aromatic heterocycles. The Kier molecular flexibility index (Phi) is 67.6. The lowest BCUT2D eigenvalue weighted by Crippen LogP contribution is -2.30. The zero-order valence-corrected chi connectivity index (χ0v) is 63.0. The molecule has 0 aliphatic rings. The van der Waals surface area contributed by atoms with E-state index in [-0.39, 0.29) is 25.7 Å². The van der Waals surface area contributed by atoms with Gasteiger partial charge in [0.1, 0.15) is 19.3 Å². The predicted molar refractivity (Wildman–Crippen MR) is 399 cm³/mol. The molecule has 0 aliphatic carbocycles. The van der Waals surface area contributed by atoms with Crippen LogP contribution in [0.2, 0.25) is 0 Å². The molecule has 0 aromatic carbocycles. The first-order valence-electron chi connectivity index (χ1n) is 37.8. The van der Waals surface area contributed by atoms with Crippen LogP contribution in [0, 0.1) is 0 Å². The molecule has 0 bridgehead atoms.